The van der Waals surface area contributed by atoms with Crippen LogP contribution in [0.4, 0.5) is 6.01 Å². The molecule has 0 aliphatic heterocycles. The van der Waals surface area contributed by atoms with Gasteiger partial charge in [0.2, 0.25) is 0 Å². The number of nitrogens with zero attached hydrogens (tertiary/aromatic N) is 1. The van der Waals surface area contributed by atoms with Crippen LogP contribution in [0.15, 0.2) is 10.6 Å². The zero-order valence-corrected chi connectivity index (χ0v) is 7.05. The highest BCUT2D eigenvalue weighted by atomic mass is 16.4. The number of rotatable bonds is 4. The molecule has 0 aliphatic rings. The fourth-order valence-corrected chi connectivity index (χ4v) is 0.890. The smallest absolute Gasteiger partial charge is 0.294 e. The number of anilines is 1. The Labute approximate surface area is 66.8 Å². The molecule has 1 aromatic heterocycles. The molecule has 0 amide bonds. The summed E-state index contributed by atoms with van der Waals surface area (Å²) in [5.41, 5.74) is 0. The summed E-state index contributed by atoms with van der Waals surface area (Å²) >= 11 is 0. The fourth-order valence-electron chi connectivity index (χ4n) is 0.890. The van der Waals surface area contributed by atoms with E-state index >= 15 is 0 Å². The van der Waals surface area contributed by atoms with Gasteiger partial charge >= 0.3 is 0 Å². The lowest BCUT2D eigenvalue weighted by molar-refractivity contribution is 0.510. The van der Waals surface area contributed by atoms with E-state index in [1.54, 1.807) is 13.2 Å². The Hall–Kier alpha value is -0.990. The quantitative estimate of drug-likeness (QED) is 0.721. The Morgan fingerprint density at radius 3 is 3.00 bits per heavy atom. The summed E-state index contributed by atoms with van der Waals surface area (Å²) in [5.74, 6) is 0.969. The Morgan fingerprint density at radius 2 is 2.45 bits per heavy atom. The first kappa shape index (κ1) is 8.11. The third kappa shape index (κ3) is 2.26. The highest BCUT2D eigenvalue weighted by Crippen LogP contribution is 2.10. The topological polar surface area (TPSA) is 38.1 Å². The van der Waals surface area contributed by atoms with Gasteiger partial charge in [-0.05, 0) is 6.42 Å². The Balaban J connectivity index is 2.44. The largest absolute Gasteiger partial charge is 0.429 e. The van der Waals surface area contributed by atoms with Crippen molar-refractivity contribution >= 4 is 6.01 Å². The number of hydrogen-bond donors (Lipinski definition) is 1. The maximum atomic E-state index is 5.31. The van der Waals surface area contributed by atoms with Gasteiger partial charge in [0.25, 0.3) is 6.01 Å². The second-order valence-electron chi connectivity index (χ2n) is 2.49. The highest BCUT2D eigenvalue weighted by Gasteiger charge is 1.99. The van der Waals surface area contributed by atoms with Crippen molar-refractivity contribution in [2.24, 2.45) is 0 Å². The molecule has 1 aromatic rings. The number of aryl methyl sites for hydroxylation is 1. The summed E-state index contributed by atoms with van der Waals surface area (Å²) < 4.78 is 5.31. The highest BCUT2D eigenvalue weighted by molar-refractivity contribution is 5.18. The van der Waals surface area contributed by atoms with Gasteiger partial charge in [-0.25, -0.2) is 4.98 Å². The lowest BCUT2D eigenvalue weighted by Gasteiger charge is -1.91. The average Bonchev–Trinajstić information content (AvgIpc) is 2.48. The van der Waals surface area contributed by atoms with Crippen LogP contribution in [0, 0.1) is 0 Å². The van der Waals surface area contributed by atoms with Gasteiger partial charge in [0.05, 0.1) is 6.20 Å². The number of aromatic nitrogens is 1. The first-order chi connectivity index (χ1) is 5.36. The molecule has 0 unspecified atom stereocenters. The molecule has 0 bridgehead atoms. The molecule has 0 aromatic carbocycles. The van der Waals surface area contributed by atoms with Crippen LogP contribution in [-0.2, 0) is 6.42 Å². The molecule has 62 valence electrons. The van der Waals surface area contributed by atoms with Crippen LogP contribution in [0.1, 0.15) is 25.5 Å². The summed E-state index contributed by atoms with van der Waals surface area (Å²) in [5, 5.41) is 2.85. The van der Waals surface area contributed by atoms with Gasteiger partial charge < -0.3 is 9.73 Å². The Bertz CT molecular complexity index is 208. The Kier molecular flexibility index (Phi) is 2.95. The van der Waals surface area contributed by atoms with Crippen molar-refractivity contribution in [3.05, 3.63) is 12.0 Å². The second kappa shape index (κ2) is 4.01. The maximum Gasteiger partial charge on any atom is 0.294 e. The van der Waals surface area contributed by atoms with Crippen LogP contribution in [0.25, 0.3) is 0 Å². The van der Waals surface area contributed by atoms with Gasteiger partial charge in [-0.15, -0.1) is 0 Å². The van der Waals surface area contributed by atoms with Gasteiger partial charge in [0.15, 0.2) is 0 Å². The third-order valence-corrected chi connectivity index (χ3v) is 1.54. The SMILES string of the molecule is CCCCc1cnc(NC)o1. The van der Waals surface area contributed by atoms with E-state index in [1.165, 1.54) is 12.8 Å². The molecule has 3 heteroatoms. The van der Waals surface area contributed by atoms with Crippen molar-refractivity contribution in [3.8, 4) is 0 Å². The lowest BCUT2D eigenvalue weighted by atomic mass is 10.2. The molecule has 0 atom stereocenters. The molecule has 0 saturated heterocycles. The molecule has 0 radical (unpaired) electrons. The van der Waals surface area contributed by atoms with E-state index in [-0.39, 0.29) is 0 Å². The predicted octanol–water partition coefficient (Wildman–Crippen LogP) is 2.06. The number of nitrogens with one attached hydrogen (secondary N) is 1. The van der Waals surface area contributed by atoms with Gasteiger partial charge in [-0.3, -0.25) is 0 Å². The minimum atomic E-state index is 0.608. The maximum absolute atomic E-state index is 5.31. The van der Waals surface area contributed by atoms with Crippen molar-refractivity contribution < 1.29 is 4.42 Å². The number of unbranched alkanes of at least 4 members (excludes halogenated alkanes) is 1. The standard InChI is InChI=1S/C8H14N2O/c1-3-4-5-7-6-10-8(9-2)11-7/h6H,3-5H2,1-2H3,(H,9,10). The molecule has 11 heavy (non-hydrogen) atoms. The molecular formula is C8H14N2O. The van der Waals surface area contributed by atoms with Crippen molar-refractivity contribution in [1.29, 1.82) is 0 Å². The van der Waals surface area contributed by atoms with Gasteiger partial charge in [0.1, 0.15) is 5.76 Å². The summed E-state index contributed by atoms with van der Waals surface area (Å²) in [7, 11) is 1.80. The molecule has 1 heterocycles. The summed E-state index contributed by atoms with van der Waals surface area (Å²) in [4.78, 5) is 4.01. The molecular weight excluding hydrogens is 140 g/mol. The molecule has 0 fully saturated rings. The first-order valence-electron chi connectivity index (χ1n) is 3.99. The number of oxazole rings is 1. The van der Waals surface area contributed by atoms with E-state index in [0.717, 1.165) is 12.2 Å². The van der Waals surface area contributed by atoms with E-state index in [4.69, 9.17) is 4.42 Å². The Morgan fingerprint density at radius 1 is 1.64 bits per heavy atom. The van der Waals surface area contributed by atoms with Gasteiger partial charge in [-0.2, -0.15) is 0 Å². The zero-order valence-electron chi connectivity index (χ0n) is 7.05. The van der Waals surface area contributed by atoms with E-state index in [1.807, 2.05) is 0 Å². The van der Waals surface area contributed by atoms with Crippen molar-refractivity contribution in [2.75, 3.05) is 12.4 Å². The van der Waals surface area contributed by atoms with E-state index in [9.17, 15) is 0 Å². The first-order valence-corrected chi connectivity index (χ1v) is 3.99. The van der Waals surface area contributed by atoms with Crippen LogP contribution < -0.4 is 5.32 Å². The second-order valence-corrected chi connectivity index (χ2v) is 2.49. The molecule has 0 saturated carbocycles. The van der Waals surface area contributed by atoms with Crippen molar-refractivity contribution in [3.63, 3.8) is 0 Å². The van der Waals surface area contributed by atoms with Crippen molar-refractivity contribution in [2.45, 2.75) is 26.2 Å². The third-order valence-electron chi connectivity index (χ3n) is 1.54. The van der Waals surface area contributed by atoms with Crippen molar-refractivity contribution in [1.82, 2.24) is 4.98 Å². The predicted molar refractivity (Wildman–Crippen MR) is 44.7 cm³/mol. The summed E-state index contributed by atoms with van der Waals surface area (Å²) in [6.45, 7) is 2.16. The average molecular weight is 154 g/mol. The van der Waals surface area contributed by atoms with Crippen LogP contribution in [0.5, 0.6) is 0 Å². The van der Waals surface area contributed by atoms with E-state index in [0.29, 0.717) is 6.01 Å². The molecule has 1 rings (SSSR count). The fraction of sp³-hybridized carbons (Fsp3) is 0.625. The van der Waals surface area contributed by atoms with Crippen LogP contribution >= 0.6 is 0 Å². The summed E-state index contributed by atoms with van der Waals surface area (Å²) in [6.07, 6.45) is 5.13. The molecule has 1 N–H and O–H groups in total. The summed E-state index contributed by atoms with van der Waals surface area (Å²) in [6, 6.07) is 0.608. The minimum Gasteiger partial charge on any atom is -0.429 e. The monoisotopic (exact) mass is 154 g/mol. The van der Waals surface area contributed by atoms with E-state index in [2.05, 4.69) is 17.2 Å². The molecule has 0 aliphatic carbocycles. The zero-order chi connectivity index (χ0) is 8.10. The van der Waals surface area contributed by atoms with Crippen LogP contribution in [0.3, 0.4) is 0 Å². The normalized spacial score (nSPS) is 10.0. The molecule has 0 spiro atoms. The lowest BCUT2D eigenvalue weighted by Crippen LogP contribution is -1.85. The van der Waals surface area contributed by atoms with Crippen LogP contribution in [0.2, 0.25) is 0 Å². The van der Waals surface area contributed by atoms with Gasteiger partial charge in [0, 0.05) is 13.5 Å². The number of hydrogen-bond acceptors (Lipinski definition) is 3. The minimum absolute atomic E-state index is 0.608. The van der Waals surface area contributed by atoms with Crippen LogP contribution in [-0.4, -0.2) is 12.0 Å². The molecule has 3 nitrogen and oxygen atoms in total. The van der Waals surface area contributed by atoms with Gasteiger partial charge in [-0.1, -0.05) is 13.3 Å². The van der Waals surface area contributed by atoms with E-state index < -0.39 is 0 Å².